The van der Waals surface area contributed by atoms with E-state index in [-0.39, 0.29) is 0 Å². The standard InChI is InChI=1S/C7H11OP/c1-2-5-9(8)6-3-4-7-9/h3-4,6-7H,2,5H2,1H3. The minimum Gasteiger partial charge on any atom is -0.315 e. The van der Waals surface area contributed by atoms with Gasteiger partial charge < -0.3 is 4.57 Å². The van der Waals surface area contributed by atoms with Gasteiger partial charge in [0.25, 0.3) is 0 Å². The topological polar surface area (TPSA) is 17.1 Å². The van der Waals surface area contributed by atoms with Gasteiger partial charge in [0.15, 0.2) is 0 Å². The third kappa shape index (κ3) is 1.56. The Morgan fingerprint density at radius 3 is 2.33 bits per heavy atom. The van der Waals surface area contributed by atoms with Crippen molar-refractivity contribution in [2.45, 2.75) is 13.3 Å². The summed E-state index contributed by atoms with van der Waals surface area (Å²) in [5.74, 6) is 3.66. The zero-order valence-electron chi connectivity index (χ0n) is 5.58. The Morgan fingerprint density at radius 1 is 1.33 bits per heavy atom. The second kappa shape index (κ2) is 2.53. The fourth-order valence-electron chi connectivity index (χ4n) is 0.939. The lowest BCUT2D eigenvalue weighted by atomic mass is 10.6. The molecule has 0 fully saturated rings. The van der Waals surface area contributed by atoms with E-state index in [4.69, 9.17) is 0 Å². The Hall–Kier alpha value is -0.290. The molecule has 1 nitrogen and oxygen atoms in total. The highest BCUT2D eigenvalue weighted by atomic mass is 31.2. The molecule has 9 heavy (non-hydrogen) atoms. The van der Waals surface area contributed by atoms with Crippen molar-refractivity contribution < 1.29 is 4.57 Å². The highest BCUT2D eigenvalue weighted by Gasteiger charge is 2.14. The third-order valence-corrected chi connectivity index (χ3v) is 3.86. The molecule has 50 valence electrons. The predicted molar refractivity (Wildman–Crippen MR) is 41.0 cm³/mol. The van der Waals surface area contributed by atoms with E-state index in [1.54, 1.807) is 0 Å². The molecule has 0 N–H and O–H groups in total. The third-order valence-electron chi connectivity index (χ3n) is 1.36. The molecule has 1 aliphatic rings. The minimum atomic E-state index is -1.93. The fourth-order valence-corrected chi connectivity index (χ4v) is 2.82. The Labute approximate surface area is 55.8 Å². The maximum absolute atomic E-state index is 11.4. The first-order valence-corrected chi connectivity index (χ1v) is 5.25. The highest BCUT2D eigenvalue weighted by molar-refractivity contribution is 7.70. The van der Waals surface area contributed by atoms with E-state index < -0.39 is 7.14 Å². The monoisotopic (exact) mass is 142 g/mol. The van der Waals surface area contributed by atoms with Crippen LogP contribution in [0.2, 0.25) is 0 Å². The van der Waals surface area contributed by atoms with Crippen LogP contribution in [0.4, 0.5) is 0 Å². The number of hydrogen-bond donors (Lipinski definition) is 0. The molecule has 0 radical (unpaired) electrons. The first-order valence-electron chi connectivity index (χ1n) is 3.22. The normalized spacial score (nSPS) is 21.0. The van der Waals surface area contributed by atoms with E-state index in [1.165, 1.54) is 0 Å². The fraction of sp³-hybridized carbons (Fsp3) is 0.429. The lowest BCUT2D eigenvalue weighted by Gasteiger charge is -2.01. The Balaban J connectivity index is 2.65. The molecule has 0 atom stereocenters. The molecule has 0 saturated heterocycles. The van der Waals surface area contributed by atoms with Gasteiger partial charge in [-0.15, -0.1) is 0 Å². The van der Waals surface area contributed by atoms with Crippen LogP contribution in [0.3, 0.4) is 0 Å². The van der Waals surface area contributed by atoms with E-state index >= 15 is 0 Å². The Bertz CT molecular complexity index is 175. The largest absolute Gasteiger partial charge is 0.315 e. The summed E-state index contributed by atoms with van der Waals surface area (Å²) in [5.41, 5.74) is 0. The van der Waals surface area contributed by atoms with Gasteiger partial charge in [-0.05, 0) is 18.1 Å². The van der Waals surface area contributed by atoms with Crippen molar-refractivity contribution in [2.24, 2.45) is 0 Å². The van der Waals surface area contributed by atoms with Crippen molar-refractivity contribution in [1.29, 1.82) is 0 Å². The van der Waals surface area contributed by atoms with Gasteiger partial charge >= 0.3 is 0 Å². The van der Waals surface area contributed by atoms with Crippen LogP contribution in [0.25, 0.3) is 0 Å². The van der Waals surface area contributed by atoms with Crippen LogP contribution in [0.1, 0.15) is 13.3 Å². The molecular weight excluding hydrogens is 131 g/mol. The van der Waals surface area contributed by atoms with E-state index in [0.29, 0.717) is 0 Å². The minimum absolute atomic E-state index is 0.833. The number of rotatable bonds is 2. The van der Waals surface area contributed by atoms with Crippen LogP contribution in [0, 0.1) is 0 Å². The van der Waals surface area contributed by atoms with Gasteiger partial charge in [0.05, 0.1) is 0 Å². The molecule has 0 aliphatic carbocycles. The summed E-state index contributed by atoms with van der Waals surface area (Å²) in [6, 6.07) is 0. The molecule has 0 saturated carbocycles. The molecule has 0 amide bonds. The first kappa shape index (κ1) is 6.82. The lowest BCUT2D eigenvalue weighted by molar-refractivity contribution is 0.585. The van der Waals surface area contributed by atoms with Gasteiger partial charge in [-0.2, -0.15) is 0 Å². The summed E-state index contributed by atoms with van der Waals surface area (Å²) < 4.78 is 11.4. The molecule has 0 spiro atoms. The van der Waals surface area contributed by atoms with E-state index in [9.17, 15) is 4.57 Å². The summed E-state index contributed by atoms with van der Waals surface area (Å²) in [6.07, 6.45) is 5.58. The number of allylic oxidation sites excluding steroid dienone is 2. The quantitative estimate of drug-likeness (QED) is 0.542. The lowest BCUT2D eigenvalue weighted by Crippen LogP contribution is -1.77. The molecule has 0 aromatic heterocycles. The maximum atomic E-state index is 11.4. The second-order valence-electron chi connectivity index (χ2n) is 2.26. The van der Waals surface area contributed by atoms with Crippen LogP contribution in [-0.4, -0.2) is 6.16 Å². The van der Waals surface area contributed by atoms with Crippen molar-refractivity contribution in [2.75, 3.05) is 6.16 Å². The van der Waals surface area contributed by atoms with Crippen molar-refractivity contribution >= 4 is 7.14 Å². The van der Waals surface area contributed by atoms with Crippen molar-refractivity contribution in [1.82, 2.24) is 0 Å². The Morgan fingerprint density at radius 2 is 1.89 bits per heavy atom. The van der Waals surface area contributed by atoms with Crippen LogP contribution < -0.4 is 0 Å². The highest BCUT2D eigenvalue weighted by Crippen LogP contribution is 2.51. The summed E-state index contributed by atoms with van der Waals surface area (Å²) in [6.45, 7) is 2.06. The summed E-state index contributed by atoms with van der Waals surface area (Å²) in [5, 5.41) is 0. The van der Waals surface area contributed by atoms with Gasteiger partial charge in [-0.3, -0.25) is 0 Å². The molecule has 0 aromatic carbocycles. The van der Waals surface area contributed by atoms with Gasteiger partial charge in [0.2, 0.25) is 0 Å². The van der Waals surface area contributed by atoms with E-state index in [2.05, 4.69) is 6.92 Å². The SMILES string of the molecule is CCCP1(=O)C=CC=C1. The summed E-state index contributed by atoms with van der Waals surface area (Å²) in [7, 11) is -1.93. The summed E-state index contributed by atoms with van der Waals surface area (Å²) in [4.78, 5) is 0. The molecule has 1 aliphatic heterocycles. The van der Waals surface area contributed by atoms with E-state index in [1.807, 2.05) is 23.8 Å². The molecule has 0 bridgehead atoms. The predicted octanol–water partition coefficient (Wildman–Crippen LogP) is 2.80. The van der Waals surface area contributed by atoms with Crippen LogP contribution in [-0.2, 0) is 4.57 Å². The molecular formula is C7H11OP. The molecule has 0 unspecified atom stereocenters. The zero-order valence-corrected chi connectivity index (χ0v) is 6.47. The van der Waals surface area contributed by atoms with Crippen molar-refractivity contribution in [3.8, 4) is 0 Å². The van der Waals surface area contributed by atoms with Gasteiger partial charge in [0.1, 0.15) is 7.14 Å². The van der Waals surface area contributed by atoms with Gasteiger partial charge in [-0.25, -0.2) is 0 Å². The average molecular weight is 142 g/mol. The van der Waals surface area contributed by atoms with Gasteiger partial charge in [0, 0.05) is 6.16 Å². The van der Waals surface area contributed by atoms with Crippen LogP contribution in [0.15, 0.2) is 23.8 Å². The summed E-state index contributed by atoms with van der Waals surface area (Å²) >= 11 is 0. The zero-order chi connectivity index (χ0) is 6.74. The van der Waals surface area contributed by atoms with Gasteiger partial charge in [-0.1, -0.05) is 19.1 Å². The van der Waals surface area contributed by atoms with E-state index in [0.717, 1.165) is 12.6 Å². The molecule has 1 rings (SSSR count). The first-order chi connectivity index (χ1) is 4.27. The van der Waals surface area contributed by atoms with Crippen molar-refractivity contribution in [3.63, 3.8) is 0 Å². The number of hydrogen-bond acceptors (Lipinski definition) is 1. The van der Waals surface area contributed by atoms with Crippen LogP contribution >= 0.6 is 7.14 Å². The maximum Gasteiger partial charge on any atom is 0.129 e. The molecule has 0 aromatic rings. The average Bonchev–Trinajstić information content (AvgIpc) is 2.16. The second-order valence-corrected chi connectivity index (χ2v) is 5.01. The van der Waals surface area contributed by atoms with Crippen molar-refractivity contribution in [3.05, 3.63) is 23.8 Å². The molecule has 1 heterocycles. The smallest absolute Gasteiger partial charge is 0.129 e. The molecule has 2 heteroatoms. The Kier molecular flexibility index (Phi) is 1.92. The van der Waals surface area contributed by atoms with Crippen LogP contribution in [0.5, 0.6) is 0 Å².